The molecule has 102 valence electrons. The van der Waals surface area contributed by atoms with E-state index in [0.717, 1.165) is 6.42 Å². The Labute approximate surface area is 123 Å². The molecule has 0 aromatic carbocycles. The topological polar surface area (TPSA) is 0 Å². The van der Waals surface area contributed by atoms with Gasteiger partial charge in [0, 0.05) is 5.54 Å². The Kier molecular flexibility index (Phi) is 4.23. The molecule has 1 heterocycles. The van der Waals surface area contributed by atoms with E-state index in [-0.39, 0.29) is 0 Å². The van der Waals surface area contributed by atoms with Crippen LogP contribution in [-0.4, -0.2) is 14.8 Å². The summed E-state index contributed by atoms with van der Waals surface area (Å²) in [7, 11) is -1.38. The molecule has 0 saturated heterocycles. The summed E-state index contributed by atoms with van der Waals surface area (Å²) in [5.74, 6) is 0. The molecule has 0 aromatic heterocycles. The largest absolute Gasteiger partial charge is 0.280 e. The van der Waals surface area contributed by atoms with E-state index in [1.54, 1.807) is 16.0 Å². The minimum atomic E-state index is -2.15. The third kappa shape index (κ3) is 2.41. The van der Waals surface area contributed by atoms with Gasteiger partial charge in [0.2, 0.25) is 0 Å². The number of allylic oxidation sites excluding steroid dienone is 3. The first-order chi connectivity index (χ1) is 8.30. The van der Waals surface area contributed by atoms with Gasteiger partial charge in [-0.05, 0) is 43.3 Å². The Morgan fingerprint density at radius 3 is 2.39 bits per heavy atom. The molecule has 0 N–H and O–H groups in total. The highest BCUT2D eigenvalue weighted by molar-refractivity contribution is 7.54. The maximum Gasteiger partial charge on any atom is 0.280 e. The molecule has 2 rings (SSSR count). The predicted octanol–water partition coefficient (Wildman–Crippen LogP) is 5.91. The molecule has 0 fully saturated rings. The van der Waals surface area contributed by atoms with Crippen molar-refractivity contribution in [1.82, 2.24) is 0 Å². The Bertz CT molecular complexity index is 403. The van der Waals surface area contributed by atoms with Crippen molar-refractivity contribution in [2.24, 2.45) is 0 Å². The zero-order chi connectivity index (χ0) is 13.6. The van der Waals surface area contributed by atoms with Gasteiger partial charge in [0.25, 0.3) is 6.69 Å². The number of rotatable bonds is 3. The fraction of sp³-hybridized carbons (Fsp3) is 0.714. The second kappa shape index (κ2) is 5.12. The quantitative estimate of drug-likeness (QED) is 0.448. The lowest BCUT2D eigenvalue weighted by atomic mass is 9.91. The van der Waals surface area contributed by atoms with Crippen LogP contribution in [0.25, 0.3) is 0 Å². The molecule has 0 saturated carbocycles. The van der Waals surface area contributed by atoms with E-state index in [1.807, 2.05) is 0 Å². The maximum absolute atomic E-state index is 6.79. The Hall–Kier alpha value is 0.494. The lowest BCUT2D eigenvalue weighted by Gasteiger charge is -2.49. The molecule has 1 aliphatic carbocycles. The number of halogens is 2. The maximum atomic E-state index is 6.79. The summed E-state index contributed by atoms with van der Waals surface area (Å²) < 4.78 is 0. The second-order valence-electron chi connectivity index (χ2n) is 6.60. The SMILES string of the molecule is CCC1C(C2=CCCCC2)=C([Si](C)(C)C)[Si]1(Cl)Cl. The molecule has 2 aliphatic rings. The number of hydrogen-bond donors (Lipinski definition) is 0. The molecule has 1 atom stereocenters. The van der Waals surface area contributed by atoms with Crippen LogP contribution in [0.2, 0.25) is 25.2 Å². The van der Waals surface area contributed by atoms with Gasteiger partial charge in [-0.3, -0.25) is 0 Å². The van der Waals surface area contributed by atoms with Gasteiger partial charge in [-0.15, -0.1) is 22.2 Å². The molecule has 0 radical (unpaired) electrons. The van der Waals surface area contributed by atoms with Crippen molar-refractivity contribution in [3.63, 3.8) is 0 Å². The van der Waals surface area contributed by atoms with E-state index in [0.29, 0.717) is 5.54 Å². The fourth-order valence-electron chi connectivity index (χ4n) is 3.46. The van der Waals surface area contributed by atoms with Crippen LogP contribution in [0.4, 0.5) is 0 Å². The van der Waals surface area contributed by atoms with Crippen LogP contribution in [0.15, 0.2) is 22.0 Å². The number of hydrogen-bond acceptors (Lipinski definition) is 0. The van der Waals surface area contributed by atoms with E-state index >= 15 is 0 Å². The van der Waals surface area contributed by atoms with Crippen LogP contribution in [0, 0.1) is 0 Å². The predicted molar refractivity (Wildman–Crippen MR) is 88.4 cm³/mol. The summed E-state index contributed by atoms with van der Waals surface area (Å²) >= 11 is 13.6. The summed E-state index contributed by atoms with van der Waals surface area (Å²) in [5, 5.41) is 0. The van der Waals surface area contributed by atoms with Crippen molar-refractivity contribution in [1.29, 1.82) is 0 Å². The Balaban J connectivity index is 2.47. The van der Waals surface area contributed by atoms with E-state index in [9.17, 15) is 0 Å². The molecule has 0 bridgehead atoms. The Morgan fingerprint density at radius 1 is 1.28 bits per heavy atom. The highest BCUT2D eigenvalue weighted by atomic mass is 35.7. The van der Waals surface area contributed by atoms with E-state index in [1.165, 1.54) is 25.7 Å². The normalized spacial score (nSPS) is 27.9. The molecule has 0 spiro atoms. The van der Waals surface area contributed by atoms with E-state index < -0.39 is 14.8 Å². The van der Waals surface area contributed by atoms with Crippen molar-refractivity contribution < 1.29 is 0 Å². The summed E-state index contributed by atoms with van der Waals surface area (Å²) in [6.07, 6.45) is 8.74. The minimum absolute atomic E-state index is 0.493. The molecule has 0 nitrogen and oxygen atoms in total. The lowest BCUT2D eigenvalue weighted by Crippen LogP contribution is -2.52. The smallest absolute Gasteiger partial charge is 0.140 e. The fourth-order valence-corrected chi connectivity index (χ4v) is 18.6. The van der Waals surface area contributed by atoms with E-state index in [2.05, 4.69) is 32.6 Å². The monoisotopic (exact) mass is 318 g/mol. The average Bonchev–Trinajstić information content (AvgIpc) is 2.26. The first kappa shape index (κ1) is 14.9. The summed E-state index contributed by atoms with van der Waals surface area (Å²) in [4.78, 5) is 1.54. The lowest BCUT2D eigenvalue weighted by molar-refractivity contribution is 0.692. The molecular formula is C14H24Cl2Si2. The van der Waals surface area contributed by atoms with Crippen molar-refractivity contribution >= 4 is 36.9 Å². The van der Waals surface area contributed by atoms with Gasteiger partial charge in [0.1, 0.15) is 0 Å². The van der Waals surface area contributed by atoms with Crippen LogP contribution in [-0.2, 0) is 0 Å². The van der Waals surface area contributed by atoms with Gasteiger partial charge in [0.05, 0.1) is 8.07 Å². The van der Waals surface area contributed by atoms with Crippen LogP contribution in [0.5, 0.6) is 0 Å². The summed E-state index contributed by atoms with van der Waals surface area (Å²) in [6.45, 7) is 7.27. The third-order valence-corrected chi connectivity index (χ3v) is 15.6. The third-order valence-electron chi connectivity index (χ3n) is 4.18. The van der Waals surface area contributed by atoms with Crippen LogP contribution < -0.4 is 0 Å². The van der Waals surface area contributed by atoms with Crippen molar-refractivity contribution in [3.05, 3.63) is 22.0 Å². The zero-order valence-electron chi connectivity index (χ0n) is 11.9. The van der Waals surface area contributed by atoms with Gasteiger partial charge in [-0.1, -0.05) is 37.5 Å². The highest BCUT2D eigenvalue weighted by Crippen LogP contribution is 2.59. The average molecular weight is 319 g/mol. The molecule has 1 aliphatic heterocycles. The second-order valence-corrected chi connectivity index (χ2v) is 18.7. The molecule has 4 heteroatoms. The summed E-state index contributed by atoms with van der Waals surface area (Å²) in [5.41, 5.74) is 3.69. The first-order valence-corrected chi connectivity index (χ1v) is 14.7. The van der Waals surface area contributed by atoms with Crippen molar-refractivity contribution in [3.8, 4) is 0 Å². The molecule has 1 unspecified atom stereocenters. The summed E-state index contributed by atoms with van der Waals surface area (Å²) in [6, 6.07) is 0. The Morgan fingerprint density at radius 2 is 1.94 bits per heavy atom. The zero-order valence-corrected chi connectivity index (χ0v) is 15.5. The highest BCUT2D eigenvalue weighted by Gasteiger charge is 2.57. The van der Waals surface area contributed by atoms with Gasteiger partial charge in [-0.25, -0.2) is 0 Å². The first-order valence-electron chi connectivity index (χ1n) is 7.12. The van der Waals surface area contributed by atoms with Crippen molar-refractivity contribution in [2.75, 3.05) is 0 Å². The van der Waals surface area contributed by atoms with Gasteiger partial charge in [-0.2, -0.15) is 0 Å². The molecule has 0 aromatic rings. The molecular weight excluding hydrogens is 295 g/mol. The molecule has 18 heavy (non-hydrogen) atoms. The van der Waals surface area contributed by atoms with E-state index in [4.69, 9.17) is 22.2 Å². The van der Waals surface area contributed by atoms with Gasteiger partial charge < -0.3 is 0 Å². The van der Waals surface area contributed by atoms with Gasteiger partial charge >= 0.3 is 0 Å². The minimum Gasteiger partial charge on any atom is -0.140 e. The van der Waals surface area contributed by atoms with Crippen molar-refractivity contribution in [2.45, 2.75) is 64.2 Å². The molecule has 0 amide bonds. The standard InChI is InChI=1S/C14H24Cl2Si2/c1-5-12-13(11-9-7-6-8-10-11)14(17(2,3)4)18(12,15)16/h9,12H,5-8,10H2,1-4H3. The van der Waals surface area contributed by atoms with Crippen LogP contribution >= 0.6 is 22.2 Å². The van der Waals surface area contributed by atoms with Crippen LogP contribution in [0.1, 0.15) is 39.0 Å². The van der Waals surface area contributed by atoms with Crippen LogP contribution in [0.3, 0.4) is 0 Å². The van der Waals surface area contributed by atoms with Gasteiger partial charge in [0.15, 0.2) is 0 Å².